The van der Waals surface area contributed by atoms with E-state index in [4.69, 9.17) is 4.74 Å². The van der Waals surface area contributed by atoms with Gasteiger partial charge in [-0.3, -0.25) is 9.59 Å². The van der Waals surface area contributed by atoms with Gasteiger partial charge in [0.1, 0.15) is 12.1 Å². The van der Waals surface area contributed by atoms with E-state index >= 15 is 0 Å². The van der Waals surface area contributed by atoms with Crippen LogP contribution in [0.3, 0.4) is 0 Å². The average Bonchev–Trinajstić information content (AvgIpc) is 2.98. The number of ether oxygens (including phenoxy) is 1. The minimum absolute atomic E-state index is 0.0286. The number of amides is 1. The molecule has 5 N–H and O–H groups in total. The lowest BCUT2D eigenvalue weighted by atomic mass is 10.0. The Hall–Kier alpha value is -1.63. The van der Waals surface area contributed by atoms with Crippen LogP contribution >= 0.6 is 0 Å². The minimum atomic E-state index is -1.02. The van der Waals surface area contributed by atoms with Gasteiger partial charge in [-0.2, -0.15) is 0 Å². The van der Waals surface area contributed by atoms with E-state index < -0.39 is 18.1 Å². The molecule has 0 heterocycles. The monoisotopic (exact) mass is 612 g/mol. The second-order valence-electron chi connectivity index (χ2n) is 12.7. The maximum atomic E-state index is 12.8. The molecule has 2 unspecified atom stereocenters. The first kappa shape index (κ1) is 41.4. The maximum Gasteiger partial charge on any atom is 0.326 e. The summed E-state index contributed by atoms with van der Waals surface area (Å²) in [5, 5.41) is 12.2. The van der Waals surface area contributed by atoms with Gasteiger partial charge in [0, 0.05) is 6.42 Å². The van der Waals surface area contributed by atoms with Crippen molar-refractivity contribution in [1.82, 2.24) is 5.32 Å². The van der Waals surface area contributed by atoms with Crippen LogP contribution in [0.15, 0.2) is 0 Å². The van der Waals surface area contributed by atoms with Crippen molar-refractivity contribution in [1.29, 1.82) is 0 Å². The second-order valence-corrected chi connectivity index (χ2v) is 12.7. The SMILES string of the molecule is CCCCCCCCCCCCCC(=O)OC(CCCCCCCCCCCCC)CC(=O)NC(CCCC[NH3+])C(=O)O. The number of aliphatic carboxylic acids is 1. The van der Waals surface area contributed by atoms with E-state index in [1.54, 1.807) is 0 Å². The van der Waals surface area contributed by atoms with Crippen LogP contribution in [0.25, 0.3) is 0 Å². The minimum Gasteiger partial charge on any atom is -0.480 e. The smallest absolute Gasteiger partial charge is 0.326 e. The van der Waals surface area contributed by atoms with Crippen molar-refractivity contribution >= 4 is 17.8 Å². The molecule has 0 aliphatic heterocycles. The fraction of sp³-hybridized carbons (Fsp3) is 0.917. The topological polar surface area (TPSA) is 120 Å². The average molecular weight is 612 g/mol. The van der Waals surface area contributed by atoms with Crippen LogP contribution in [0.2, 0.25) is 0 Å². The molecule has 0 spiro atoms. The van der Waals surface area contributed by atoms with Crippen molar-refractivity contribution < 1.29 is 30.0 Å². The van der Waals surface area contributed by atoms with Crippen LogP contribution in [0.4, 0.5) is 0 Å². The van der Waals surface area contributed by atoms with E-state index in [2.05, 4.69) is 24.9 Å². The van der Waals surface area contributed by atoms with E-state index in [0.717, 1.165) is 51.5 Å². The normalized spacial score (nSPS) is 12.6. The highest BCUT2D eigenvalue weighted by molar-refractivity contribution is 5.84. The van der Waals surface area contributed by atoms with Crippen molar-refractivity contribution in [3.8, 4) is 0 Å². The molecule has 1 amide bonds. The molecule has 0 bridgehead atoms. The van der Waals surface area contributed by atoms with Crippen LogP contribution in [-0.4, -0.2) is 41.6 Å². The standard InChI is InChI=1S/C36H70N2O5/c1-3-5-7-9-11-13-15-17-19-21-23-27-32(31-34(39)38-33(36(41)42)28-25-26-30-37)43-35(40)29-24-22-20-18-16-14-12-10-8-6-4-2/h32-33H,3-31,37H2,1-2H3,(H,38,39)(H,41,42)/p+1. The number of carboxylic acid groups (broad SMARTS) is 1. The van der Waals surface area contributed by atoms with Crippen molar-refractivity contribution in [3.63, 3.8) is 0 Å². The summed E-state index contributed by atoms with van der Waals surface area (Å²) in [6, 6.07) is -0.909. The van der Waals surface area contributed by atoms with E-state index in [0.29, 0.717) is 25.7 Å². The summed E-state index contributed by atoms with van der Waals surface area (Å²) in [5.41, 5.74) is 3.80. The van der Waals surface area contributed by atoms with Crippen LogP contribution in [0, 0.1) is 0 Å². The second kappa shape index (κ2) is 31.8. The number of nitrogens with one attached hydrogen (secondary N) is 1. The molecule has 7 nitrogen and oxygen atoms in total. The zero-order chi connectivity index (χ0) is 31.8. The van der Waals surface area contributed by atoms with E-state index in [9.17, 15) is 19.5 Å². The molecule has 0 saturated carbocycles. The number of quaternary nitrogens is 1. The number of carbonyl (C=O) groups excluding carboxylic acids is 2. The van der Waals surface area contributed by atoms with Crippen LogP contribution < -0.4 is 11.1 Å². The summed E-state index contributed by atoms with van der Waals surface area (Å²) < 4.78 is 5.79. The van der Waals surface area contributed by atoms with Gasteiger partial charge in [-0.1, -0.05) is 142 Å². The summed E-state index contributed by atoms with van der Waals surface area (Å²) >= 11 is 0. The van der Waals surface area contributed by atoms with Crippen molar-refractivity contribution in [3.05, 3.63) is 0 Å². The van der Waals surface area contributed by atoms with Gasteiger partial charge in [-0.25, -0.2) is 4.79 Å². The Bertz CT molecular complexity index is 658. The first-order valence-corrected chi connectivity index (χ1v) is 18.4. The first-order valence-electron chi connectivity index (χ1n) is 18.4. The molecule has 43 heavy (non-hydrogen) atoms. The number of carbonyl (C=O) groups is 3. The van der Waals surface area contributed by atoms with Crippen LogP contribution in [-0.2, 0) is 19.1 Å². The molecular weight excluding hydrogens is 540 g/mol. The third-order valence-corrected chi connectivity index (χ3v) is 8.45. The van der Waals surface area contributed by atoms with Gasteiger partial charge in [0.2, 0.25) is 5.91 Å². The number of unbranched alkanes of at least 4 members (excludes halogenated alkanes) is 21. The summed E-state index contributed by atoms with van der Waals surface area (Å²) in [6.07, 6.45) is 29.6. The molecule has 2 atom stereocenters. The highest BCUT2D eigenvalue weighted by atomic mass is 16.5. The van der Waals surface area contributed by atoms with Crippen LogP contribution in [0.1, 0.15) is 194 Å². The number of esters is 1. The molecular formula is C36H71N2O5+. The van der Waals surface area contributed by atoms with Crippen LogP contribution in [0.5, 0.6) is 0 Å². The molecule has 0 aromatic heterocycles. The molecule has 0 aromatic carbocycles. The molecule has 0 aromatic rings. The number of hydrogen-bond donors (Lipinski definition) is 3. The van der Waals surface area contributed by atoms with Gasteiger partial charge in [-0.15, -0.1) is 0 Å². The van der Waals surface area contributed by atoms with Crippen molar-refractivity contribution in [2.75, 3.05) is 6.54 Å². The molecule has 0 radical (unpaired) electrons. The number of carboxylic acids is 1. The van der Waals surface area contributed by atoms with E-state index in [-0.39, 0.29) is 18.3 Å². The van der Waals surface area contributed by atoms with Crippen molar-refractivity contribution in [2.24, 2.45) is 0 Å². The van der Waals surface area contributed by atoms with Crippen molar-refractivity contribution in [2.45, 2.75) is 206 Å². The highest BCUT2D eigenvalue weighted by Crippen LogP contribution is 2.17. The lowest BCUT2D eigenvalue weighted by Crippen LogP contribution is -2.50. The molecule has 0 saturated heterocycles. The third-order valence-electron chi connectivity index (χ3n) is 8.45. The molecule has 0 rings (SSSR count). The summed E-state index contributed by atoms with van der Waals surface area (Å²) in [5.74, 6) is -1.60. The number of hydrogen-bond acceptors (Lipinski definition) is 4. The van der Waals surface area contributed by atoms with Gasteiger partial charge in [0.15, 0.2) is 0 Å². The molecule has 0 aliphatic carbocycles. The van der Waals surface area contributed by atoms with Gasteiger partial charge < -0.3 is 20.9 Å². The Morgan fingerprint density at radius 1 is 0.605 bits per heavy atom. The van der Waals surface area contributed by atoms with Gasteiger partial charge >= 0.3 is 11.9 Å². The van der Waals surface area contributed by atoms with E-state index in [1.165, 1.54) is 103 Å². The lowest BCUT2D eigenvalue weighted by molar-refractivity contribution is -0.368. The van der Waals surface area contributed by atoms with E-state index in [1.807, 2.05) is 0 Å². The lowest BCUT2D eigenvalue weighted by Gasteiger charge is -2.20. The Kier molecular flexibility index (Phi) is 30.6. The fourth-order valence-corrected chi connectivity index (χ4v) is 5.66. The highest BCUT2D eigenvalue weighted by Gasteiger charge is 2.23. The predicted molar refractivity (Wildman–Crippen MR) is 178 cm³/mol. The first-order chi connectivity index (χ1) is 20.9. The Balaban J connectivity index is 4.46. The van der Waals surface area contributed by atoms with Gasteiger partial charge in [-0.05, 0) is 38.5 Å². The Labute approximate surface area is 265 Å². The largest absolute Gasteiger partial charge is 0.480 e. The summed E-state index contributed by atoms with van der Waals surface area (Å²) in [4.78, 5) is 37.1. The Morgan fingerprint density at radius 2 is 1.02 bits per heavy atom. The third kappa shape index (κ3) is 28.9. The number of rotatable bonds is 33. The van der Waals surface area contributed by atoms with Gasteiger partial charge in [0.25, 0.3) is 0 Å². The summed E-state index contributed by atoms with van der Waals surface area (Å²) in [7, 11) is 0. The quantitative estimate of drug-likeness (QED) is 0.0506. The maximum absolute atomic E-state index is 12.8. The fourth-order valence-electron chi connectivity index (χ4n) is 5.66. The molecule has 7 heteroatoms. The zero-order valence-electron chi connectivity index (χ0n) is 28.4. The van der Waals surface area contributed by atoms with Gasteiger partial charge in [0.05, 0.1) is 13.0 Å². The molecule has 0 fully saturated rings. The zero-order valence-corrected chi connectivity index (χ0v) is 28.4. The predicted octanol–water partition coefficient (Wildman–Crippen LogP) is 8.67. The molecule has 0 aliphatic rings. The Morgan fingerprint density at radius 3 is 1.47 bits per heavy atom. The summed E-state index contributed by atoms with van der Waals surface area (Å²) in [6.45, 7) is 5.24. The molecule has 254 valence electrons.